The zero-order valence-electron chi connectivity index (χ0n) is 22.2. The van der Waals surface area contributed by atoms with Crippen molar-refractivity contribution in [1.29, 1.82) is 0 Å². The highest BCUT2D eigenvalue weighted by atomic mass is 16.3. The number of fused-ring (bicyclic) bond motifs is 1. The lowest BCUT2D eigenvalue weighted by atomic mass is 9.87. The van der Waals surface area contributed by atoms with Gasteiger partial charge in [0.15, 0.2) is 0 Å². The van der Waals surface area contributed by atoms with E-state index in [0.29, 0.717) is 11.3 Å². The van der Waals surface area contributed by atoms with Gasteiger partial charge in [-0.3, -0.25) is 14.5 Å². The molecular weight excluding hydrogens is 458 g/mol. The van der Waals surface area contributed by atoms with Crippen molar-refractivity contribution in [2.45, 2.75) is 71.3 Å². The molecule has 0 radical (unpaired) electrons. The number of Topliss-reactive ketones (excluding diaryl/α,β-unsaturated/α-hetero) is 1. The van der Waals surface area contributed by atoms with E-state index in [1.165, 1.54) is 23.1 Å². The molecule has 1 atom stereocenters. The molecule has 1 heterocycles. The average molecular weight is 494 g/mol. The van der Waals surface area contributed by atoms with Gasteiger partial charge in [-0.1, -0.05) is 76.2 Å². The van der Waals surface area contributed by atoms with Crippen molar-refractivity contribution in [3.63, 3.8) is 0 Å². The van der Waals surface area contributed by atoms with E-state index in [0.717, 1.165) is 36.8 Å². The van der Waals surface area contributed by atoms with E-state index in [1.54, 1.807) is 4.90 Å². The third-order valence-corrected chi connectivity index (χ3v) is 7.78. The Bertz CT molecular complexity index is 1370. The molecule has 4 heteroatoms. The molecule has 0 aromatic heterocycles. The van der Waals surface area contributed by atoms with Crippen molar-refractivity contribution in [3.05, 3.63) is 106 Å². The lowest BCUT2D eigenvalue weighted by Gasteiger charge is -2.27. The number of benzene rings is 3. The van der Waals surface area contributed by atoms with E-state index in [2.05, 4.69) is 33.8 Å². The summed E-state index contributed by atoms with van der Waals surface area (Å²) in [5, 5.41) is 11.5. The quantitative estimate of drug-likeness (QED) is 0.241. The Morgan fingerprint density at radius 2 is 1.54 bits per heavy atom. The summed E-state index contributed by atoms with van der Waals surface area (Å²) >= 11 is 0. The van der Waals surface area contributed by atoms with Crippen LogP contribution < -0.4 is 4.90 Å². The van der Waals surface area contributed by atoms with Crippen LogP contribution in [-0.2, 0) is 34.3 Å². The second-order valence-electron chi connectivity index (χ2n) is 11.3. The van der Waals surface area contributed by atoms with Crippen molar-refractivity contribution >= 4 is 23.1 Å². The van der Waals surface area contributed by atoms with Gasteiger partial charge in [0.2, 0.25) is 0 Å². The molecule has 0 bridgehead atoms. The molecule has 0 saturated carbocycles. The van der Waals surface area contributed by atoms with Crippen LogP contribution in [0.4, 0.5) is 5.69 Å². The predicted molar refractivity (Wildman–Crippen MR) is 149 cm³/mol. The minimum absolute atomic E-state index is 0.0332. The maximum atomic E-state index is 13.5. The van der Waals surface area contributed by atoms with Crippen LogP contribution in [0.1, 0.15) is 80.0 Å². The second kappa shape index (κ2) is 9.66. The first kappa shape index (κ1) is 25.0. The molecular formula is C33H35NO3. The smallest absolute Gasteiger partial charge is 0.300 e. The van der Waals surface area contributed by atoms with Gasteiger partial charge in [0, 0.05) is 11.3 Å². The molecule has 0 spiro atoms. The number of nitrogens with zero attached hydrogens (tertiary/aromatic N) is 1. The Hall–Kier alpha value is -3.66. The average Bonchev–Trinajstić information content (AvgIpc) is 3.17. The largest absolute Gasteiger partial charge is 0.507 e. The molecule has 5 rings (SSSR count). The summed E-state index contributed by atoms with van der Waals surface area (Å²) in [5.74, 6) is -1.38. The van der Waals surface area contributed by atoms with Gasteiger partial charge in [-0.25, -0.2) is 0 Å². The lowest BCUT2D eigenvalue weighted by Crippen LogP contribution is -2.29. The second-order valence-corrected chi connectivity index (χ2v) is 11.3. The van der Waals surface area contributed by atoms with Crippen LogP contribution in [0, 0.1) is 0 Å². The van der Waals surface area contributed by atoms with Gasteiger partial charge in [0.1, 0.15) is 5.76 Å². The van der Waals surface area contributed by atoms with Crippen LogP contribution in [-0.4, -0.2) is 16.8 Å². The summed E-state index contributed by atoms with van der Waals surface area (Å²) in [6.07, 6.45) is 5.19. The molecule has 1 unspecified atom stereocenters. The van der Waals surface area contributed by atoms with Crippen molar-refractivity contribution < 1.29 is 14.7 Å². The first-order valence-corrected chi connectivity index (χ1v) is 13.3. The fourth-order valence-corrected chi connectivity index (χ4v) is 5.51. The molecule has 2 aliphatic rings. The molecule has 3 aromatic carbocycles. The number of carbonyl (C=O) groups excluding carboxylic acids is 2. The molecule has 4 nitrogen and oxygen atoms in total. The standard InChI is InChI=1S/C33H35NO3/c1-5-21-10-12-23(13-11-21)29-28(30(35)25-15-14-22-8-6-7-9-24(22)20-25)31(36)32(37)34(29)27-18-16-26(17-19-27)33(2,3)4/h10-20,29,35H,5-9H2,1-4H3/b30-28-. The van der Waals surface area contributed by atoms with Gasteiger partial charge in [0.05, 0.1) is 11.6 Å². The van der Waals surface area contributed by atoms with Crippen LogP contribution in [0.5, 0.6) is 0 Å². The third kappa shape index (κ3) is 4.61. The number of ketones is 1. The summed E-state index contributed by atoms with van der Waals surface area (Å²) in [4.78, 5) is 28.6. The number of rotatable bonds is 4. The van der Waals surface area contributed by atoms with Crippen LogP contribution >= 0.6 is 0 Å². The Labute approximate surface area is 219 Å². The Balaban J connectivity index is 1.65. The first-order valence-electron chi connectivity index (χ1n) is 13.3. The molecule has 190 valence electrons. The fourth-order valence-electron chi connectivity index (χ4n) is 5.51. The molecule has 1 aliphatic heterocycles. The van der Waals surface area contributed by atoms with Gasteiger partial charge < -0.3 is 5.11 Å². The minimum atomic E-state index is -0.706. The zero-order valence-corrected chi connectivity index (χ0v) is 22.2. The number of hydrogen-bond acceptors (Lipinski definition) is 3. The predicted octanol–water partition coefficient (Wildman–Crippen LogP) is 7.05. The van der Waals surface area contributed by atoms with E-state index < -0.39 is 17.7 Å². The number of anilines is 1. The van der Waals surface area contributed by atoms with E-state index in [9.17, 15) is 14.7 Å². The summed E-state index contributed by atoms with van der Waals surface area (Å²) < 4.78 is 0. The summed E-state index contributed by atoms with van der Waals surface area (Å²) in [6.45, 7) is 8.51. The van der Waals surface area contributed by atoms with E-state index in [-0.39, 0.29) is 16.7 Å². The normalized spacial score (nSPS) is 19.2. The Kier molecular flexibility index (Phi) is 6.53. The van der Waals surface area contributed by atoms with Crippen LogP contribution in [0.3, 0.4) is 0 Å². The number of amides is 1. The highest BCUT2D eigenvalue weighted by Gasteiger charge is 2.47. The van der Waals surface area contributed by atoms with Crippen molar-refractivity contribution in [2.24, 2.45) is 0 Å². The zero-order chi connectivity index (χ0) is 26.3. The van der Waals surface area contributed by atoms with Crippen LogP contribution in [0.25, 0.3) is 5.76 Å². The topological polar surface area (TPSA) is 57.6 Å². The fraction of sp³-hybridized carbons (Fsp3) is 0.333. The minimum Gasteiger partial charge on any atom is -0.507 e. The van der Waals surface area contributed by atoms with Gasteiger partial charge in [-0.05, 0) is 83.5 Å². The molecule has 37 heavy (non-hydrogen) atoms. The molecule has 1 saturated heterocycles. The lowest BCUT2D eigenvalue weighted by molar-refractivity contribution is -0.132. The number of carbonyl (C=O) groups is 2. The molecule has 1 aliphatic carbocycles. The highest BCUT2D eigenvalue weighted by molar-refractivity contribution is 6.51. The number of aliphatic hydroxyl groups excluding tert-OH is 1. The van der Waals surface area contributed by atoms with Crippen LogP contribution in [0.2, 0.25) is 0 Å². The monoisotopic (exact) mass is 493 g/mol. The van der Waals surface area contributed by atoms with Crippen molar-refractivity contribution in [1.82, 2.24) is 0 Å². The number of aliphatic hydroxyl groups is 1. The SMILES string of the molecule is CCc1ccc(C2/C(=C(/O)c3ccc4c(c3)CCCC4)C(=O)C(=O)N2c2ccc(C(C)(C)C)cc2)cc1. The van der Waals surface area contributed by atoms with E-state index in [1.807, 2.05) is 60.7 Å². The van der Waals surface area contributed by atoms with Crippen LogP contribution in [0.15, 0.2) is 72.3 Å². The Morgan fingerprint density at radius 3 is 2.16 bits per heavy atom. The summed E-state index contributed by atoms with van der Waals surface area (Å²) in [5.41, 5.74) is 6.98. The van der Waals surface area contributed by atoms with Gasteiger partial charge >= 0.3 is 0 Å². The summed E-state index contributed by atoms with van der Waals surface area (Å²) in [7, 11) is 0. The third-order valence-electron chi connectivity index (χ3n) is 7.78. The Morgan fingerprint density at radius 1 is 0.892 bits per heavy atom. The molecule has 1 N–H and O–H groups in total. The summed E-state index contributed by atoms with van der Waals surface area (Å²) in [6, 6.07) is 21.0. The van der Waals surface area contributed by atoms with E-state index in [4.69, 9.17) is 0 Å². The van der Waals surface area contributed by atoms with E-state index >= 15 is 0 Å². The van der Waals surface area contributed by atoms with Crippen molar-refractivity contribution in [3.8, 4) is 0 Å². The highest BCUT2D eigenvalue weighted by Crippen LogP contribution is 2.43. The maximum absolute atomic E-state index is 13.5. The van der Waals surface area contributed by atoms with Gasteiger partial charge in [-0.15, -0.1) is 0 Å². The van der Waals surface area contributed by atoms with Crippen molar-refractivity contribution in [2.75, 3.05) is 4.90 Å². The maximum Gasteiger partial charge on any atom is 0.300 e. The molecule has 3 aromatic rings. The molecule has 1 amide bonds. The van der Waals surface area contributed by atoms with Gasteiger partial charge in [0.25, 0.3) is 11.7 Å². The first-order chi connectivity index (χ1) is 17.7. The van der Waals surface area contributed by atoms with Gasteiger partial charge in [-0.2, -0.15) is 0 Å². The molecule has 1 fully saturated rings. The number of aryl methyl sites for hydroxylation is 3. The number of hydrogen-bond donors (Lipinski definition) is 1.